The molecular formula is C17H19N5O. The Hall–Kier alpha value is -2.76. The Kier molecular flexibility index (Phi) is 4.32. The minimum atomic E-state index is 0.685. The lowest BCUT2D eigenvalue weighted by Crippen LogP contribution is -2.18. The summed E-state index contributed by atoms with van der Waals surface area (Å²) in [6.45, 7) is 7.35. The number of pyridine rings is 1. The summed E-state index contributed by atoms with van der Waals surface area (Å²) in [5.74, 6) is 1.62. The molecule has 0 aromatic carbocycles. The lowest BCUT2D eigenvalue weighted by atomic mass is 10.2. The molecular weight excluding hydrogens is 290 g/mol. The molecule has 1 aliphatic heterocycles. The lowest BCUT2D eigenvalue weighted by molar-refractivity contribution is 0.234. The summed E-state index contributed by atoms with van der Waals surface area (Å²) in [6, 6.07) is 2.06. The molecule has 23 heavy (non-hydrogen) atoms. The molecule has 0 radical (unpaired) electrons. The largest absolute Gasteiger partial charge is 0.362 e. The maximum atomic E-state index is 5.21. The van der Waals surface area contributed by atoms with Crippen molar-refractivity contribution in [1.29, 1.82) is 0 Å². The highest BCUT2D eigenvalue weighted by molar-refractivity contribution is 5.60. The second-order valence-electron chi connectivity index (χ2n) is 5.42. The summed E-state index contributed by atoms with van der Waals surface area (Å²) in [7, 11) is 0. The van der Waals surface area contributed by atoms with Crippen molar-refractivity contribution in [3.05, 3.63) is 52.9 Å². The molecule has 0 spiro atoms. The van der Waals surface area contributed by atoms with Gasteiger partial charge in [-0.15, -0.1) is 0 Å². The Morgan fingerprint density at radius 1 is 1.30 bits per heavy atom. The Bertz CT molecular complexity index is 744. The van der Waals surface area contributed by atoms with Crippen molar-refractivity contribution in [2.75, 3.05) is 4.90 Å². The molecule has 6 heteroatoms. The number of oxime groups is 1. The topological polar surface area (TPSA) is 63.5 Å². The van der Waals surface area contributed by atoms with Crippen LogP contribution in [0.2, 0.25) is 0 Å². The van der Waals surface area contributed by atoms with E-state index in [1.165, 1.54) is 11.1 Å². The number of hydrogen-bond donors (Lipinski definition) is 0. The monoisotopic (exact) mass is 309 g/mol. The molecule has 2 aromatic rings. The molecule has 0 saturated carbocycles. The van der Waals surface area contributed by atoms with Crippen molar-refractivity contribution < 1.29 is 4.84 Å². The normalized spacial score (nSPS) is 14.4. The predicted octanol–water partition coefficient (Wildman–Crippen LogP) is 3.08. The van der Waals surface area contributed by atoms with Gasteiger partial charge in [0.15, 0.2) is 0 Å². The van der Waals surface area contributed by atoms with Crippen molar-refractivity contribution in [2.24, 2.45) is 5.16 Å². The number of hydrogen-bond acceptors (Lipinski definition) is 6. The fraction of sp³-hybridized carbons (Fsp3) is 0.294. The van der Waals surface area contributed by atoms with Crippen molar-refractivity contribution in [2.45, 2.75) is 33.9 Å². The number of anilines is 1. The van der Waals surface area contributed by atoms with E-state index in [2.05, 4.69) is 31.1 Å². The van der Waals surface area contributed by atoms with Gasteiger partial charge >= 0.3 is 0 Å². The maximum Gasteiger partial charge on any atom is 0.136 e. The van der Waals surface area contributed by atoms with Gasteiger partial charge in [-0.2, -0.15) is 0 Å². The van der Waals surface area contributed by atoms with E-state index < -0.39 is 0 Å². The van der Waals surface area contributed by atoms with Crippen LogP contribution in [-0.4, -0.2) is 21.2 Å². The van der Waals surface area contributed by atoms with E-state index in [1.54, 1.807) is 19.5 Å². The second kappa shape index (κ2) is 6.56. The Balaban J connectivity index is 1.87. The van der Waals surface area contributed by atoms with Crippen LogP contribution in [0.25, 0.3) is 6.08 Å². The minimum Gasteiger partial charge on any atom is -0.362 e. The van der Waals surface area contributed by atoms with E-state index in [-0.39, 0.29) is 0 Å². The van der Waals surface area contributed by atoms with Gasteiger partial charge in [0.25, 0.3) is 0 Å². The van der Waals surface area contributed by atoms with Gasteiger partial charge in [-0.1, -0.05) is 5.16 Å². The lowest BCUT2D eigenvalue weighted by Gasteiger charge is -2.19. The fourth-order valence-corrected chi connectivity index (χ4v) is 2.64. The first kappa shape index (κ1) is 15.1. The summed E-state index contributed by atoms with van der Waals surface area (Å²) < 4.78 is 0. The van der Waals surface area contributed by atoms with Gasteiger partial charge in [-0.3, -0.25) is 4.98 Å². The molecule has 1 aliphatic rings. The van der Waals surface area contributed by atoms with Crippen LogP contribution >= 0.6 is 0 Å². The molecule has 0 unspecified atom stereocenters. The number of rotatable bonds is 4. The summed E-state index contributed by atoms with van der Waals surface area (Å²) in [6.07, 6.45) is 8.82. The fourth-order valence-electron chi connectivity index (χ4n) is 2.64. The molecule has 0 atom stereocenters. The van der Waals surface area contributed by atoms with Crippen LogP contribution in [0.4, 0.5) is 5.82 Å². The highest BCUT2D eigenvalue weighted by atomic mass is 16.6. The Labute approximate surface area is 135 Å². The summed E-state index contributed by atoms with van der Waals surface area (Å²) in [4.78, 5) is 20.5. The van der Waals surface area contributed by atoms with Crippen molar-refractivity contribution in [1.82, 2.24) is 15.0 Å². The third kappa shape index (κ3) is 3.21. The van der Waals surface area contributed by atoms with E-state index in [9.17, 15) is 0 Å². The molecule has 3 heterocycles. The third-order valence-electron chi connectivity index (χ3n) is 3.77. The number of allylic oxidation sites excluding steroid dienone is 1. The molecule has 6 nitrogen and oxygen atoms in total. The van der Waals surface area contributed by atoms with E-state index in [1.807, 2.05) is 32.3 Å². The molecule has 0 N–H and O–H groups in total. The van der Waals surface area contributed by atoms with Crippen LogP contribution in [0.15, 0.2) is 35.7 Å². The van der Waals surface area contributed by atoms with E-state index >= 15 is 0 Å². The standard InChI is InChI=1S/C17H19N5O/c1-4-21-23-12(2)7-16-13(3)17(20-11-19-16)22-9-14-5-6-18-8-15(14)10-22/h4-8,11H,9-10H2,1-3H3/b12-7+,21-4+. The van der Waals surface area contributed by atoms with Crippen LogP contribution in [-0.2, 0) is 17.9 Å². The predicted molar refractivity (Wildman–Crippen MR) is 89.8 cm³/mol. The van der Waals surface area contributed by atoms with Crippen LogP contribution in [0, 0.1) is 6.92 Å². The summed E-state index contributed by atoms with van der Waals surface area (Å²) >= 11 is 0. The smallest absolute Gasteiger partial charge is 0.136 e. The maximum absolute atomic E-state index is 5.21. The first-order valence-electron chi connectivity index (χ1n) is 7.50. The van der Waals surface area contributed by atoms with Crippen LogP contribution < -0.4 is 4.90 Å². The highest BCUT2D eigenvalue weighted by Crippen LogP contribution is 2.29. The first-order chi connectivity index (χ1) is 11.2. The zero-order chi connectivity index (χ0) is 16.2. The van der Waals surface area contributed by atoms with Gasteiger partial charge in [-0.25, -0.2) is 9.97 Å². The molecule has 2 aromatic heterocycles. The van der Waals surface area contributed by atoms with Gasteiger partial charge in [0, 0.05) is 43.3 Å². The average molecular weight is 309 g/mol. The van der Waals surface area contributed by atoms with Crippen LogP contribution in [0.1, 0.15) is 36.2 Å². The van der Waals surface area contributed by atoms with E-state index in [4.69, 9.17) is 4.84 Å². The summed E-state index contributed by atoms with van der Waals surface area (Å²) in [5, 5.41) is 3.77. The molecule has 0 saturated heterocycles. The van der Waals surface area contributed by atoms with E-state index in [0.29, 0.717) is 5.76 Å². The van der Waals surface area contributed by atoms with Crippen molar-refractivity contribution >= 4 is 18.1 Å². The molecule has 0 aliphatic carbocycles. The van der Waals surface area contributed by atoms with Crippen LogP contribution in [0.5, 0.6) is 0 Å². The Morgan fingerprint density at radius 3 is 2.91 bits per heavy atom. The number of fused-ring (bicyclic) bond motifs is 1. The zero-order valence-electron chi connectivity index (χ0n) is 13.5. The summed E-state index contributed by atoms with van der Waals surface area (Å²) in [5.41, 5.74) is 4.41. The van der Waals surface area contributed by atoms with Crippen LogP contribution in [0.3, 0.4) is 0 Å². The molecule has 3 rings (SSSR count). The van der Waals surface area contributed by atoms with Crippen molar-refractivity contribution in [3.63, 3.8) is 0 Å². The molecule has 0 bridgehead atoms. The van der Waals surface area contributed by atoms with Gasteiger partial charge in [0.05, 0.1) is 5.69 Å². The quantitative estimate of drug-likeness (QED) is 0.493. The number of nitrogens with zero attached hydrogens (tertiary/aromatic N) is 5. The van der Waals surface area contributed by atoms with Crippen molar-refractivity contribution in [3.8, 4) is 0 Å². The van der Waals surface area contributed by atoms with Gasteiger partial charge in [0.2, 0.25) is 0 Å². The van der Waals surface area contributed by atoms with Gasteiger partial charge in [-0.05, 0) is 38.0 Å². The minimum absolute atomic E-state index is 0.685. The van der Waals surface area contributed by atoms with E-state index in [0.717, 1.165) is 30.2 Å². The molecule has 118 valence electrons. The molecule has 0 amide bonds. The highest BCUT2D eigenvalue weighted by Gasteiger charge is 2.22. The Morgan fingerprint density at radius 2 is 2.13 bits per heavy atom. The van der Waals surface area contributed by atoms with Gasteiger partial charge in [0.1, 0.15) is 17.9 Å². The third-order valence-corrected chi connectivity index (χ3v) is 3.77. The number of aromatic nitrogens is 3. The second-order valence-corrected chi connectivity index (χ2v) is 5.42. The average Bonchev–Trinajstić information content (AvgIpc) is 2.98. The SMILES string of the molecule is C/C=N/O/C(C)=C/c1ncnc(N2Cc3ccncc3C2)c1C. The van der Waals surface area contributed by atoms with Gasteiger partial charge < -0.3 is 9.74 Å². The molecule has 0 fully saturated rings. The zero-order valence-corrected chi connectivity index (χ0v) is 13.5. The first-order valence-corrected chi connectivity index (χ1v) is 7.50.